The molecular formula is C6F14O8PbS2. The predicted octanol–water partition coefficient (Wildman–Crippen LogP) is 2.66. The van der Waals surface area contributed by atoms with Crippen LogP contribution in [0.2, 0.25) is 0 Å². The number of halogens is 14. The number of ether oxygens (including phenoxy) is 2. The molecule has 0 amide bonds. The molecule has 0 aliphatic carbocycles. The van der Waals surface area contributed by atoms with Crippen molar-refractivity contribution in [3.63, 3.8) is 0 Å². The Bertz CT molecular complexity index is 772. The van der Waals surface area contributed by atoms with Gasteiger partial charge in [-0.1, -0.05) is 0 Å². The van der Waals surface area contributed by atoms with Crippen LogP contribution in [-0.2, 0) is 34.0 Å². The summed E-state index contributed by atoms with van der Waals surface area (Å²) in [4.78, 5) is 0. The molecule has 0 fully saturated rings. The van der Waals surface area contributed by atoms with Crippen LogP contribution in [0.4, 0.5) is 61.5 Å². The van der Waals surface area contributed by atoms with Gasteiger partial charge in [0.1, 0.15) is 0 Å². The third kappa shape index (κ3) is 7.34. The summed E-state index contributed by atoms with van der Waals surface area (Å²) in [6.45, 7) is 0. The second-order valence-electron chi connectivity index (χ2n) is 4.32. The van der Waals surface area contributed by atoms with E-state index in [1.165, 1.54) is 0 Å². The fourth-order valence-corrected chi connectivity index (χ4v) is 8.04. The molecular weight excluding hydrogens is 737 g/mol. The number of hydrogen-bond acceptors (Lipinski definition) is 8. The van der Waals surface area contributed by atoms with E-state index >= 15 is 0 Å². The quantitative estimate of drug-likeness (QED) is 0.277. The Kier molecular flexibility index (Phi) is 8.71. The third-order valence-corrected chi connectivity index (χ3v) is 11.3. The maximum atomic E-state index is 13.5. The summed E-state index contributed by atoms with van der Waals surface area (Å²) in [6, 6.07) is 0. The second kappa shape index (κ2) is 8.80. The Morgan fingerprint density at radius 2 is 0.710 bits per heavy atom. The Morgan fingerprint density at radius 3 is 0.871 bits per heavy atom. The molecule has 8 nitrogen and oxygen atoms in total. The van der Waals surface area contributed by atoms with E-state index in [2.05, 4.69) is 4.27 Å². The van der Waals surface area contributed by atoms with Gasteiger partial charge in [-0.05, 0) is 0 Å². The molecule has 0 aromatic carbocycles. The fourth-order valence-electron chi connectivity index (χ4n) is 1.01. The summed E-state index contributed by atoms with van der Waals surface area (Å²) in [6.07, 6.45) is -27.7. The van der Waals surface area contributed by atoms with Crippen molar-refractivity contribution in [2.24, 2.45) is 0 Å². The van der Waals surface area contributed by atoms with Crippen LogP contribution in [0.15, 0.2) is 0 Å². The topological polar surface area (TPSA) is 105 Å². The monoisotopic (exact) mass is 738 g/mol. The summed E-state index contributed by atoms with van der Waals surface area (Å²) < 4.78 is 226. The zero-order valence-corrected chi connectivity index (χ0v) is 18.4. The molecule has 0 aromatic heterocycles. The molecule has 2 atom stereocenters. The molecule has 31 heavy (non-hydrogen) atoms. The first kappa shape index (κ1) is 30.7. The van der Waals surface area contributed by atoms with Crippen molar-refractivity contribution in [2.75, 3.05) is 0 Å². The van der Waals surface area contributed by atoms with Crippen molar-refractivity contribution < 1.29 is 92.0 Å². The maximum absolute atomic E-state index is 13.5. The Morgan fingerprint density at radius 1 is 0.484 bits per heavy atom. The molecule has 2 radical (unpaired) electrons. The van der Waals surface area contributed by atoms with Crippen LogP contribution in [0.25, 0.3) is 0 Å². The van der Waals surface area contributed by atoms with Gasteiger partial charge in [0.2, 0.25) is 0 Å². The zero-order chi connectivity index (χ0) is 25.5. The number of alkyl halides is 14. The van der Waals surface area contributed by atoms with Crippen molar-refractivity contribution in [1.29, 1.82) is 0 Å². The fraction of sp³-hybridized carbons (Fsp3) is 1.00. The van der Waals surface area contributed by atoms with Crippen LogP contribution in [0.3, 0.4) is 0 Å². The average Bonchev–Trinajstić information content (AvgIpc) is 2.40. The SMILES string of the molecule is O=S(=O)([O][Pb][O]S(=O)(=O)C(F)(OC(F)(F)F)C(F)(F)F)C(F)(OC(F)(F)F)C(F)(F)F. The molecule has 0 rings (SSSR count). The molecule has 0 spiro atoms. The van der Waals surface area contributed by atoms with Crippen molar-refractivity contribution in [3.05, 3.63) is 0 Å². The van der Waals surface area contributed by atoms with Gasteiger partial charge in [0.15, 0.2) is 0 Å². The van der Waals surface area contributed by atoms with E-state index in [1.807, 2.05) is 0 Å². The molecule has 0 aromatic rings. The van der Waals surface area contributed by atoms with Crippen LogP contribution in [-0.4, -0.2) is 77.4 Å². The minimum atomic E-state index is -7.45. The zero-order valence-electron chi connectivity index (χ0n) is 12.9. The molecule has 186 valence electrons. The second-order valence-corrected chi connectivity index (χ2v) is 12.1. The van der Waals surface area contributed by atoms with Crippen LogP contribution in [0.1, 0.15) is 0 Å². The van der Waals surface area contributed by atoms with E-state index in [1.54, 1.807) is 9.47 Å². The summed E-state index contributed by atoms with van der Waals surface area (Å²) in [7, 11) is -14.9. The normalized spacial score (nSPS) is 19.0. The van der Waals surface area contributed by atoms with E-state index in [9.17, 15) is 78.3 Å². The van der Waals surface area contributed by atoms with E-state index in [0.717, 1.165) is 0 Å². The van der Waals surface area contributed by atoms with E-state index < -0.39 is 80.8 Å². The summed E-state index contributed by atoms with van der Waals surface area (Å²) in [5, 5.41) is -13.7. The van der Waals surface area contributed by atoms with Gasteiger partial charge in [0.25, 0.3) is 0 Å². The van der Waals surface area contributed by atoms with Crippen molar-refractivity contribution in [2.45, 2.75) is 35.5 Å². The van der Waals surface area contributed by atoms with Crippen LogP contribution < -0.4 is 0 Å². The summed E-state index contributed by atoms with van der Waals surface area (Å²) in [5.74, 6) is 0. The first-order chi connectivity index (χ1) is 13.1. The molecule has 0 aliphatic rings. The van der Waals surface area contributed by atoms with Gasteiger partial charge < -0.3 is 0 Å². The van der Waals surface area contributed by atoms with E-state index in [4.69, 9.17) is 0 Å². The molecule has 25 heteroatoms. The van der Waals surface area contributed by atoms with Crippen molar-refractivity contribution in [3.8, 4) is 0 Å². The molecule has 0 saturated heterocycles. The van der Waals surface area contributed by atoms with Gasteiger partial charge in [-0.15, -0.1) is 0 Å². The van der Waals surface area contributed by atoms with Gasteiger partial charge in [-0.2, -0.15) is 0 Å². The van der Waals surface area contributed by atoms with Gasteiger partial charge in [0.05, 0.1) is 0 Å². The summed E-state index contributed by atoms with van der Waals surface area (Å²) in [5.41, 5.74) is 0. The van der Waals surface area contributed by atoms with E-state index in [-0.39, 0.29) is 0 Å². The van der Waals surface area contributed by atoms with Gasteiger partial charge in [-0.3, -0.25) is 0 Å². The van der Waals surface area contributed by atoms with E-state index in [0.29, 0.717) is 0 Å². The first-order valence-electron chi connectivity index (χ1n) is 5.78. The number of hydrogen-bond donors (Lipinski definition) is 0. The van der Waals surface area contributed by atoms with Gasteiger partial charge in [0, 0.05) is 0 Å². The van der Waals surface area contributed by atoms with Crippen LogP contribution >= 0.6 is 0 Å². The Labute approximate surface area is 173 Å². The molecule has 0 aliphatic heterocycles. The predicted molar refractivity (Wildman–Crippen MR) is 59.8 cm³/mol. The van der Waals surface area contributed by atoms with Gasteiger partial charge in [-0.25, -0.2) is 0 Å². The Balaban J connectivity index is 5.90. The van der Waals surface area contributed by atoms with Gasteiger partial charge >= 0.3 is 173 Å². The molecule has 0 heterocycles. The van der Waals surface area contributed by atoms with Crippen LogP contribution in [0, 0.1) is 0 Å². The van der Waals surface area contributed by atoms with Crippen molar-refractivity contribution >= 4 is 45.4 Å². The minimum absolute atomic E-state index is 1.72. The third-order valence-electron chi connectivity index (χ3n) is 2.10. The first-order valence-corrected chi connectivity index (χ1v) is 11.8. The molecule has 0 N–H and O–H groups in total. The summed E-state index contributed by atoms with van der Waals surface area (Å²) >= 11 is -5.33. The molecule has 0 bridgehead atoms. The standard InChI is InChI=1S/2C3HF7O4S.Pb/c2*4-1(5,6)2(7,15(11,12)13)14-3(8,9)10;/h2*(H,11,12,13);/q;;+2/p-2. The number of rotatable bonds is 8. The molecule has 0 saturated carbocycles. The van der Waals surface area contributed by atoms with Crippen molar-refractivity contribution in [1.82, 2.24) is 0 Å². The average molecular weight is 737 g/mol. The van der Waals surface area contributed by atoms with Crippen LogP contribution in [0.5, 0.6) is 0 Å². The Hall–Kier alpha value is -0.318. The molecule has 2 unspecified atom stereocenters.